The number of pyridine rings is 1. The third-order valence-corrected chi connectivity index (χ3v) is 14.1. The molecule has 4 amide bonds. The first-order valence-corrected chi connectivity index (χ1v) is 20.7. The van der Waals surface area contributed by atoms with Crippen molar-refractivity contribution in [3.63, 3.8) is 0 Å². The zero-order valence-corrected chi connectivity index (χ0v) is 32.7. The number of aromatic nitrogens is 1. The fourth-order valence-corrected chi connectivity index (χ4v) is 9.60. The van der Waals surface area contributed by atoms with Gasteiger partial charge in [0.1, 0.15) is 35.3 Å². The summed E-state index contributed by atoms with van der Waals surface area (Å²) in [5.74, 6) is -3.69. The number of nitrogens with zero attached hydrogens (tertiary/aromatic N) is 3. The van der Waals surface area contributed by atoms with Gasteiger partial charge in [0, 0.05) is 37.1 Å². The van der Waals surface area contributed by atoms with E-state index in [9.17, 15) is 36.7 Å². The lowest BCUT2D eigenvalue weighted by molar-refractivity contribution is -0.144. The summed E-state index contributed by atoms with van der Waals surface area (Å²) in [6.07, 6.45) is 5.59. The largest absolute Gasteiger partial charge is 0.494 e. The maximum atomic E-state index is 15.0. The zero-order valence-electron chi connectivity index (χ0n) is 31.9. The molecule has 1 aromatic heterocycles. The Morgan fingerprint density at radius 1 is 1.14 bits per heavy atom. The van der Waals surface area contributed by atoms with Crippen LogP contribution < -0.4 is 19.5 Å². The van der Waals surface area contributed by atoms with E-state index in [0.29, 0.717) is 30.4 Å². The minimum atomic E-state index is -4.70. The van der Waals surface area contributed by atoms with E-state index in [2.05, 4.69) is 10.3 Å². The predicted octanol–water partition coefficient (Wildman–Crippen LogP) is 4.67. The van der Waals surface area contributed by atoms with Gasteiger partial charge in [-0.05, 0) is 74.0 Å². The number of hydrogen-bond acceptors (Lipinski definition) is 9. The lowest BCUT2D eigenvalue weighted by atomic mass is 9.86. The number of benzene rings is 1. The number of carbonyl (C=O) groups is 4. The van der Waals surface area contributed by atoms with Crippen molar-refractivity contribution < 1.29 is 51.0 Å². The van der Waals surface area contributed by atoms with Gasteiger partial charge < -0.3 is 24.8 Å². The van der Waals surface area contributed by atoms with Gasteiger partial charge in [-0.1, -0.05) is 32.9 Å². The van der Waals surface area contributed by atoms with Crippen LogP contribution in [-0.4, -0.2) is 101 Å². The van der Waals surface area contributed by atoms with Crippen molar-refractivity contribution in [2.75, 3.05) is 20.2 Å². The van der Waals surface area contributed by atoms with Crippen LogP contribution in [0.3, 0.4) is 0 Å². The van der Waals surface area contributed by atoms with Crippen LogP contribution in [0.25, 0.3) is 10.8 Å². The molecule has 7 atom stereocenters. The van der Waals surface area contributed by atoms with E-state index in [4.69, 9.17) is 9.47 Å². The summed E-state index contributed by atoms with van der Waals surface area (Å²) in [6.45, 7) is 5.76. The highest BCUT2D eigenvalue weighted by molar-refractivity contribution is 7.91. The standard InChI is InChI=1S/C39H49F2N5O9S/c1-22-7-5-6-8-24-18-39(24,35(49)44-56(52,53)38(41)13-14-38)43-32(47)29-17-26(55-33-28-16-25(40)9-10-27(28)30(54-4)19-42-33)20-45(29)34(48)31(23(2)15-22)46(36(50)51)21-37(3)11-12-37/h6,8-10,16,19,22-24,26,29,31H,5,7,11-15,17-18,20-21H2,1-4H3,(H,43,47)(H,44,49)(H,50,51)/t22-,23-,24-,26-,29+,31+,39-/m1/s1. The van der Waals surface area contributed by atoms with Gasteiger partial charge in [-0.15, -0.1) is 0 Å². The van der Waals surface area contributed by atoms with E-state index >= 15 is 4.79 Å². The first kappa shape index (κ1) is 39.7. The van der Waals surface area contributed by atoms with Crippen LogP contribution in [-0.2, 0) is 24.4 Å². The molecule has 3 saturated carbocycles. The van der Waals surface area contributed by atoms with Gasteiger partial charge in [0.2, 0.25) is 22.7 Å². The maximum Gasteiger partial charge on any atom is 0.408 e. The highest BCUT2D eigenvalue weighted by atomic mass is 32.2. The molecule has 3 aliphatic carbocycles. The monoisotopic (exact) mass is 801 g/mol. The second-order valence-corrected chi connectivity index (χ2v) is 18.8. The molecule has 4 fully saturated rings. The summed E-state index contributed by atoms with van der Waals surface area (Å²) < 4.78 is 68.6. The summed E-state index contributed by atoms with van der Waals surface area (Å²) in [6, 6.07) is 1.53. The van der Waals surface area contributed by atoms with Crippen LogP contribution in [0.15, 0.2) is 36.5 Å². The van der Waals surface area contributed by atoms with E-state index in [-0.39, 0.29) is 61.4 Å². The number of alkyl halides is 1. The van der Waals surface area contributed by atoms with Crippen LogP contribution in [0, 0.1) is 29.0 Å². The number of carbonyl (C=O) groups excluding carboxylic acids is 3. The van der Waals surface area contributed by atoms with Crippen molar-refractivity contribution in [3.05, 3.63) is 42.4 Å². The van der Waals surface area contributed by atoms with Crippen molar-refractivity contribution in [2.24, 2.45) is 23.2 Å². The number of nitrogens with one attached hydrogen (secondary N) is 2. The Balaban J connectivity index is 1.26. The summed E-state index contributed by atoms with van der Waals surface area (Å²) >= 11 is 0. The number of fused-ring (bicyclic) bond motifs is 3. The van der Waals surface area contributed by atoms with E-state index in [0.717, 1.165) is 12.8 Å². The molecule has 14 nitrogen and oxygen atoms in total. The number of halogens is 2. The molecule has 3 N–H and O–H groups in total. The van der Waals surface area contributed by atoms with Crippen LogP contribution >= 0.6 is 0 Å². The van der Waals surface area contributed by atoms with E-state index in [1.807, 2.05) is 31.6 Å². The van der Waals surface area contributed by atoms with Gasteiger partial charge in [-0.3, -0.25) is 19.3 Å². The van der Waals surface area contributed by atoms with E-state index in [1.54, 1.807) is 6.08 Å². The normalized spacial score (nSPS) is 30.9. The Kier molecular flexibility index (Phi) is 10.2. The number of sulfonamides is 1. The van der Waals surface area contributed by atoms with Crippen molar-refractivity contribution in [2.45, 2.75) is 107 Å². The number of hydrogen-bond donors (Lipinski definition) is 3. The second-order valence-electron chi connectivity index (χ2n) is 16.9. The van der Waals surface area contributed by atoms with Crippen molar-refractivity contribution in [1.82, 2.24) is 24.8 Å². The van der Waals surface area contributed by atoms with Gasteiger partial charge in [0.05, 0.1) is 25.2 Å². The number of methoxy groups -OCH3 is 1. The van der Waals surface area contributed by atoms with Gasteiger partial charge in [-0.25, -0.2) is 31.7 Å². The Bertz CT molecular complexity index is 2080. The van der Waals surface area contributed by atoms with E-state index in [1.165, 1.54) is 41.3 Å². The van der Waals surface area contributed by atoms with Gasteiger partial charge in [0.15, 0.2) is 0 Å². The van der Waals surface area contributed by atoms with Crippen LogP contribution in [0.4, 0.5) is 13.6 Å². The molecular formula is C39H49F2N5O9S. The molecule has 0 radical (unpaired) electrons. The number of rotatable bonds is 9. The first-order chi connectivity index (χ1) is 26.4. The molecule has 1 aromatic carbocycles. The van der Waals surface area contributed by atoms with Crippen molar-refractivity contribution in [1.29, 1.82) is 0 Å². The Morgan fingerprint density at radius 2 is 1.88 bits per heavy atom. The lowest BCUT2D eigenvalue weighted by Gasteiger charge is -2.38. The quantitative estimate of drug-likeness (QED) is 0.301. The molecule has 0 bridgehead atoms. The second kappa shape index (κ2) is 14.4. The number of allylic oxidation sites excluding steroid dienone is 1. The van der Waals surface area contributed by atoms with Crippen LogP contribution in [0.2, 0.25) is 0 Å². The molecule has 2 aromatic rings. The van der Waals surface area contributed by atoms with Gasteiger partial charge in [0.25, 0.3) is 15.9 Å². The summed E-state index contributed by atoms with van der Waals surface area (Å²) in [7, 11) is -3.26. The molecule has 304 valence electrons. The molecule has 2 aliphatic heterocycles. The van der Waals surface area contributed by atoms with Crippen LogP contribution in [0.5, 0.6) is 11.6 Å². The van der Waals surface area contributed by atoms with Gasteiger partial charge in [-0.2, -0.15) is 0 Å². The molecule has 3 heterocycles. The smallest absolute Gasteiger partial charge is 0.408 e. The van der Waals surface area contributed by atoms with Crippen LogP contribution in [0.1, 0.15) is 78.6 Å². The highest BCUT2D eigenvalue weighted by Gasteiger charge is 2.64. The average molecular weight is 802 g/mol. The molecule has 0 unspecified atom stereocenters. The highest BCUT2D eigenvalue weighted by Crippen LogP contribution is 2.49. The molecule has 56 heavy (non-hydrogen) atoms. The minimum Gasteiger partial charge on any atom is -0.494 e. The van der Waals surface area contributed by atoms with Gasteiger partial charge >= 0.3 is 6.09 Å². The topological polar surface area (TPSA) is 185 Å². The zero-order chi connectivity index (χ0) is 40.4. The van der Waals surface area contributed by atoms with Crippen molar-refractivity contribution >= 4 is 44.6 Å². The molecule has 7 rings (SSSR count). The summed E-state index contributed by atoms with van der Waals surface area (Å²) in [4.78, 5) is 63.1. The molecule has 0 spiro atoms. The average Bonchev–Trinajstić information content (AvgIpc) is 4.10. The van der Waals surface area contributed by atoms with Crippen molar-refractivity contribution in [3.8, 4) is 11.6 Å². The Hall–Kier alpha value is -4.54. The Labute approximate surface area is 324 Å². The molecule has 5 aliphatic rings. The minimum absolute atomic E-state index is 0.0159. The molecular weight excluding hydrogens is 753 g/mol. The number of carboxylic acid groups (broad SMARTS) is 1. The maximum absolute atomic E-state index is 15.0. The third-order valence-electron chi connectivity index (χ3n) is 12.2. The number of amides is 4. The fraction of sp³-hybridized carbons (Fsp3) is 0.615. The summed E-state index contributed by atoms with van der Waals surface area (Å²) in [5, 5.41) is 11.6. The first-order valence-electron chi connectivity index (χ1n) is 19.2. The third kappa shape index (κ3) is 7.62. The summed E-state index contributed by atoms with van der Waals surface area (Å²) in [5.41, 5.74) is -2.05. The number of ether oxygens (including phenoxy) is 2. The Morgan fingerprint density at radius 3 is 2.54 bits per heavy atom. The SMILES string of the molecule is COc1cnc(O[C@@H]2C[C@H]3C(=O)N[C@]4(C(=O)NS(=O)(=O)C5(F)CC5)C[C@H]4C=CCC[C@@H](C)C[C@@H](C)[C@H](N(CC4(C)CC4)C(=O)O)C(=O)N3C2)c2cc(F)ccc12. The van der Waals surface area contributed by atoms with E-state index < -0.39 is 80.2 Å². The molecule has 17 heteroatoms. The fourth-order valence-electron chi connectivity index (χ4n) is 8.35. The molecule has 1 saturated heterocycles. The lowest BCUT2D eigenvalue weighted by Crippen LogP contribution is -2.60. The predicted molar refractivity (Wildman–Crippen MR) is 199 cm³/mol.